The zero-order valence-electron chi connectivity index (χ0n) is 12.3. The zero-order chi connectivity index (χ0) is 14.8. The number of amidine groups is 1. The van der Waals surface area contributed by atoms with Crippen LogP contribution in [0.25, 0.3) is 0 Å². The molecule has 1 fully saturated rings. The lowest BCUT2D eigenvalue weighted by Crippen LogP contribution is -2.19. The van der Waals surface area contributed by atoms with Crippen molar-refractivity contribution in [1.29, 1.82) is 0 Å². The zero-order valence-corrected chi connectivity index (χ0v) is 12.3. The number of hydrogen-bond donors (Lipinski definition) is 3. The van der Waals surface area contributed by atoms with Crippen LogP contribution in [0, 0.1) is 11.3 Å². The van der Waals surface area contributed by atoms with Gasteiger partial charge in [0, 0.05) is 6.54 Å². The van der Waals surface area contributed by atoms with Gasteiger partial charge in [0.15, 0.2) is 5.84 Å². The van der Waals surface area contributed by atoms with Crippen LogP contribution in [0.4, 0.5) is 0 Å². The lowest BCUT2D eigenvalue weighted by Gasteiger charge is -2.11. The minimum Gasteiger partial charge on any atom is -0.496 e. The van der Waals surface area contributed by atoms with Gasteiger partial charge in [0.2, 0.25) is 0 Å². The molecule has 1 aromatic rings. The Balaban J connectivity index is 1.96. The molecule has 0 aliphatic heterocycles. The van der Waals surface area contributed by atoms with Crippen LogP contribution in [0.2, 0.25) is 0 Å². The first kappa shape index (κ1) is 14.7. The summed E-state index contributed by atoms with van der Waals surface area (Å²) in [5.41, 5.74) is 7.82. The fourth-order valence-corrected chi connectivity index (χ4v) is 2.43. The van der Waals surface area contributed by atoms with Gasteiger partial charge in [-0.25, -0.2) is 0 Å². The van der Waals surface area contributed by atoms with Gasteiger partial charge < -0.3 is 21.0 Å². The van der Waals surface area contributed by atoms with Crippen LogP contribution in [-0.2, 0) is 6.54 Å². The molecule has 20 heavy (non-hydrogen) atoms. The third-order valence-corrected chi connectivity index (χ3v) is 4.09. The molecular formula is C15H23N3O2. The first-order valence-electron chi connectivity index (χ1n) is 6.83. The molecule has 0 heterocycles. The van der Waals surface area contributed by atoms with E-state index in [2.05, 4.69) is 24.3 Å². The maximum atomic E-state index is 8.73. The van der Waals surface area contributed by atoms with Gasteiger partial charge in [-0.15, -0.1) is 0 Å². The Morgan fingerprint density at radius 3 is 2.80 bits per heavy atom. The van der Waals surface area contributed by atoms with Gasteiger partial charge in [-0.1, -0.05) is 25.1 Å². The second-order valence-electron chi connectivity index (χ2n) is 6.04. The summed E-state index contributed by atoms with van der Waals surface area (Å²) in [5, 5.41) is 15.2. The number of nitrogens with two attached hydrogens (primary N) is 1. The number of hydrogen-bond acceptors (Lipinski definition) is 4. The highest BCUT2D eigenvalue weighted by Gasteiger charge is 2.44. The summed E-state index contributed by atoms with van der Waals surface area (Å²) in [5.74, 6) is 1.45. The van der Waals surface area contributed by atoms with Gasteiger partial charge >= 0.3 is 0 Å². The first-order chi connectivity index (χ1) is 9.47. The first-order valence-corrected chi connectivity index (χ1v) is 6.83. The Hall–Kier alpha value is -1.75. The highest BCUT2D eigenvalue weighted by molar-refractivity contribution is 5.99. The van der Waals surface area contributed by atoms with E-state index < -0.39 is 0 Å². The van der Waals surface area contributed by atoms with E-state index in [4.69, 9.17) is 15.7 Å². The SMILES string of the molecule is COc1cc(CNCC2CC2(C)C)ccc1/C(N)=N/O. The monoisotopic (exact) mass is 277 g/mol. The van der Waals surface area contributed by atoms with Gasteiger partial charge in [0.1, 0.15) is 5.75 Å². The third-order valence-electron chi connectivity index (χ3n) is 4.09. The lowest BCUT2D eigenvalue weighted by atomic mass is 10.1. The molecule has 2 rings (SSSR count). The van der Waals surface area contributed by atoms with Crippen LogP contribution in [0.3, 0.4) is 0 Å². The Bertz CT molecular complexity index is 512. The Morgan fingerprint density at radius 2 is 2.25 bits per heavy atom. The molecule has 0 saturated heterocycles. The highest BCUT2D eigenvalue weighted by Crippen LogP contribution is 2.50. The molecule has 1 aromatic carbocycles. The number of ether oxygens (including phenoxy) is 1. The highest BCUT2D eigenvalue weighted by atomic mass is 16.5. The summed E-state index contributed by atoms with van der Waals surface area (Å²) in [4.78, 5) is 0. The minimum atomic E-state index is 0.0566. The number of rotatable bonds is 6. The van der Waals surface area contributed by atoms with Crippen LogP contribution < -0.4 is 15.8 Å². The predicted octanol–water partition coefficient (Wildman–Crippen LogP) is 1.93. The van der Waals surface area contributed by atoms with Crippen molar-refractivity contribution in [2.75, 3.05) is 13.7 Å². The van der Waals surface area contributed by atoms with Gasteiger partial charge in [-0.3, -0.25) is 0 Å². The van der Waals surface area contributed by atoms with Crippen molar-refractivity contribution in [2.24, 2.45) is 22.2 Å². The van der Waals surface area contributed by atoms with E-state index in [1.807, 2.05) is 18.2 Å². The quantitative estimate of drug-likeness (QED) is 0.321. The normalized spacial score (nSPS) is 20.8. The average molecular weight is 277 g/mol. The van der Waals surface area contributed by atoms with Crippen LogP contribution >= 0.6 is 0 Å². The van der Waals surface area contributed by atoms with E-state index in [1.165, 1.54) is 6.42 Å². The van der Waals surface area contributed by atoms with E-state index in [9.17, 15) is 0 Å². The molecule has 0 bridgehead atoms. The molecule has 4 N–H and O–H groups in total. The van der Waals surface area contributed by atoms with E-state index in [1.54, 1.807) is 7.11 Å². The van der Waals surface area contributed by atoms with Crippen LogP contribution in [-0.4, -0.2) is 24.7 Å². The Kier molecular flexibility index (Phi) is 4.18. The van der Waals surface area contributed by atoms with Gasteiger partial charge in [-0.05, 0) is 42.0 Å². The van der Waals surface area contributed by atoms with Crippen molar-refractivity contribution in [3.05, 3.63) is 29.3 Å². The largest absolute Gasteiger partial charge is 0.496 e. The molecule has 0 radical (unpaired) electrons. The lowest BCUT2D eigenvalue weighted by molar-refractivity contribution is 0.318. The van der Waals surface area contributed by atoms with Gasteiger partial charge in [0.05, 0.1) is 12.7 Å². The van der Waals surface area contributed by atoms with Crippen molar-refractivity contribution >= 4 is 5.84 Å². The Labute approximate surface area is 119 Å². The van der Waals surface area contributed by atoms with E-state index >= 15 is 0 Å². The molecule has 1 atom stereocenters. The molecule has 1 unspecified atom stereocenters. The molecule has 0 spiro atoms. The van der Waals surface area contributed by atoms with Crippen LogP contribution in [0.15, 0.2) is 23.4 Å². The maximum absolute atomic E-state index is 8.73. The second kappa shape index (κ2) is 5.71. The van der Waals surface area contributed by atoms with Crippen molar-refractivity contribution in [3.8, 4) is 5.75 Å². The van der Waals surface area contributed by atoms with E-state index in [0.29, 0.717) is 16.7 Å². The molecule has 1 aliphatic rings. The smallest absolute Gasteiger partial charge is 0.173 e. The number of oxime groups is 1. The molecule has 1 saturated carbocycles. The van der Waals surface area contributed by atoms with Crippen LogP contribution in [0.5, 0.6) is 5.75 Å². The summed E-state index contributed by atoms with van der Waals surface area (Å²) >= 11 is 0. The number of nitrogens with one attached hydrogen (secondary N) is 1. The van der Waals surface area contributed by atoms with Crippen molar-refractivity contribution in [3.63, 3.8) is 0 Å². The average Bonchev–Trinajstić information content (AvgIpc) is 3.05. The summed E-state index contributed by atoms with van der Waals surface area (Å²) in [7, 11) is 1.58. The molecule has 5 nitrogen and oxygen atoms in total. The second-order valence-corrected chi connectivity index (χ2v) is 6.04. The predicted molar refractivity (Wildman–Crippen MR) is 79.1 cm³/mol. The van der Waals surface area contributed by atoms with Crippen molar-refractivity contribution < 1.29 is 9.94 Å². The van der Waals surface area contributed by atoms with Crippen molar-refractivity contribution in [2.45, 2.75) is 26.8 Å². The topological polar surface area (TPSA) is 79.9 Å². The summed E-state index contributed by atoms with van der Waals surface area (Å²) in [6.45, 7) is 6.43. The minimum absolute atomic E-state index is 0.0566. The van der Waals surface area contributed by atoms with E-state index in [-0.39, 0.29) is 5.84 Å². The van der Waals surface area contributed by atoms with Gasteiger partial charge in [0.25, 0.3) is 0 Å². The molecule has 0 amide bonds. The van der Waals surface area contributed by atoms with Crippen LogP contribution in [0.1, 0.15) is 31.4 Å². The third kappa shape index (κ3) is 3.22. The number of methoxy groups -OCH3 is 1. The van der Waals surface area contributed by atoms with Crippen molar-refractivity contribution in [1.82, 2.24) is 5.32 Å². The number of benzene rings is 1. The maximum Gasteiger partial charge on any atom is 0.173 e. The molecule has 0 aromatic heterocycles. The van der Waals surface area contributed by atoms with E-state index in [0.717, 1.165) is 24.6 Å². The fraction of sp³-hybridized carbons (Fsp3) is 0.533. The summed E-state index contributed by atoms with van der Waals surface area (Å²) < 4.78 is 5.28. The Morgan fingerprint density at radius 1 is 1.55 bits per heavy atom. The summed E-state index contributed by atoms with van der Waals surface area (Å²) in [6.07, 6.45) is 1.30. The standard InChI is InChI=1S/C15H23N3O2/c1-15(2)7-11(15)9-17-8-10-4-5-12(14(16)18-19)13(6-10)20-3/h4-6,11,17,19H,7-9H2,1-3H3,(H2,16,18). The molecule has 110 valence electrons. The molecular weight excluding hydrogens is 254 g/mol. The van der Waals surface area contributed by atoms with Gasteiger partial charge in [-0.2, -0.15) is 0 Å². The summed E-state index contributed by atoms with van der Waals surface area (Å²) in [6, 6.07) is 5.69. The fourth-order valence-electron chi connectivity index (χ4n) is 2.43. The number of nitrogens with zero attached hydrogens (tertiary/aromatic N) is 1. The molecule has 5 heteroatoms. The molecule has 1 aliphatic carbocycles.